The molecule has 1 N–H and O–H groups in total. The summed E-state index contributed by atoms with van der Waals surface area (Å²) in [6, 6.07) is 9.41. The molecule has 0 aliphatic carbocycles. The molecule has 0 fully saturated rings. The van der Waals surface area contributed by atoms with Crippen molar-refractivity contribution in [1.82, 2.24) is 9.97 Å². The molecule has 124 valence electrons. The van der Waals surface area contributed by atoms with Crippen molar-refractivity contribution in [3.05, 3.63) is 53.7 Å². The summed E-state index contributed by atoms with van der Waals surface area (Å²) in [4.78, 5) is 21.8. The number of nitrogens with one attached hydrogen (secondary N) is 1. The van der Waals surface area contributed by atoms with Crippen LogP contribution in [0.5, 0.6) is 0 Å². The lowest BCUT2D eigenvalue weighted by atomic mass is 10.3. The Morgan fingerprint density at radius 2 is 1.83 bits per heavy atom. The Kier molecular flexibility index (Phi) is 5.00. The van der Waals surface area contributed by atoms with Gasteiger partial charge in [-0.05, 0) is 55.9 Å². The second kappa shape index (κ2) is 7.35. The molecule has 6 nitrogen and oxygen atoms in total. The summed E-state index contributed by atoms with van der Waals surface area (Å²) >= 11 is 1.48. The lowest BCUT2D eigenvalue weighted by molar-refractivity contribution is -0.117. The maximum Gasteiger partial charge on any atom is 0.294 e. The van der Waals surface area contributed by atoms with Crippen molar-refractivity contribution in [3.63, 3.8) is 0 Å². The fraction of sp³-hybridized carbons (Fsp3) is 0.235. The minimum Gasteiger partial charge on any atom is -0.494 e. The highest BCUT2D eigenvalue weighted by Crippen LogP contribution is 2.26. The molecule has 0 bridgehead atoms. The van der Waals surface area contributed by atoms with Gasteiger partial charge in [0.2, 0.25) is 5.76 Å². The van der Waals surface area contributed by atoms with Gasteiger partial charge in [-0.25, -0.2) is 9.97 Å². The molecule has 2 aromatic rings. The van der Waals surface area contributed by atoms with E-state index in [4.69, 9.17) is 9.47 Å². The maximum absolute atomic E-state index is 12.0. The minimum absolute atomic E-state index is 0.184. The molecule has 1 aliphatic heterocycles. The van der Waals surface area contributed by atoms with Gasteiger partial charge < -0.3 is 14.8 Å². The van der Waals surface area contributed by atoms with Crippen molar-refractivity contribution >= 4 is 23.4 Å². The molecule has 2 heterocycles. The number of aryl methyl sites for hydroxylation is 2. The second-order valence-corrected chi connectivity index (χ2v) is 6.26. The smallest absolute Gasteiger partial charge is 0.294 e. The van der Waals surface area contributed by atoms with Gasteiger partial charge in [0, 0.05) is 22.0 Å². The zero-order valence-electron chi connectivity index (χ0n) is 13.4. The summed E-state index contributed by atoms with van der Waals surface area (Å²) in [5, 5.41) is 3.48. The Hall–Kier alpha value is -2.54. The van der Waals surface area contributed by atoms with E-state index < -0.39 is 0 Å². The van der Waals surface area contributed by atoms with E-state index in [1.165, 1.54) is 18.0 Å². The molecule has 0 radical (unpaired) electrons. The van der Waals surface area contributed by atoms with Gasteiger partial charge in [0.25, 0.3) is 5.91 Å². The summed E-state index contributed by atoms with van der Waals surface area (Å²) in [6.07, 6.45) is 1.33. The number of benzene rings is 1. The lowest BCUT2D eigenvalue weighted by Crippen LogP contribution is -2.21. The molecule has 0 spiro atoms. The van der Waals surface area contributed by atoms with E-state index in [2.05, 4.69) is 15.3 Å². The third kappa shape index (κ3) is 4.26. The Morgan fingerprint density at radius 3 is 2.46 bits per heavy atom. The van der Waals surface area contributed by atoms with Crippen LogP contribution in [0.4, 0.5) is 5.69 Å². The number of anilines is 1. The Morgan fingerprint density at radius 1 is 1.12 bits per heavy atom. The van der Waals surface area contributed by atoms with Crippen molar-refractivity contribution in [2.45, 2.75) is 23.9 Å². The van der Waals surface area contributed by atoms with Crippen LogP contribution in [0, 0.1) is 13.8 Å². The fourth-order valence-electron chi connectivity index (χ4n) is 2.13. The Bertz CT molecular complexity index is 755. The SMILES string of the molecule is Cc1cc(C)nc(Sc2ccc(NC(=O)C3=COCCO3)cc2)n1. The largest absolute Gasteiger partial charge is 0.494 e. The van der Waals surface area contributed by atoms with Crippen molar-refractivity contribution in [2.24, 2.45) is 0 Å². The van der Waals surface area contributed by atoms with Gasteiger partial charge in [0.05, 0.1) is 0 Å². The zero-order chi connectivity index (χ0) is 16.9. The molecule has 1 amide bonds. The molecule has 1 aliphatic rings. The van der Waals surface area contributed by atoms with Crippen molar-refractivity contribution in [3.8, 4) is 0 Å². The summed E-state index contributed by atoms with van der Waals surface area (Å²) in [5.41, 5.74) is 2.56. The highest BCUT2D eigenvalue weighted by atomic mass is 32.2. The maximum atomic E-state index is 12.0. The molecular weight excluding hydrogens is 326 g/mol. The van der Waals surface area contributed by atoms with Gasteiger partial charge >= 0.3 is 0 Å². The van der Waals surface area contributed by atoms with E-state index >= 15 is 0 Å². The van der Waals surface area contributed by atoms with Crippen LogP contribution in [-0.4, -0.2) is 29.1 Å². The number of aromatic nitrogens is 2. The molecule has 0 saturated carbocycles. The number of carbonyl (C=O) groups is 1. The predicted octanol–water partition coefficient (Wildman–Crippen LogP) is 3.07. The Labute approximate surface area is 144 Å². The fourth-order valence-corrected chi connectivity index (χ4v) is 2.99. The molecular formula is C17H17N3O3S. The molecule has 24 heavy (non-hydrogen) atoms. The number of carbonyl (C=O) groups excluding carboxylic acids is 1. The minimum atomic E-state index is -0.326. The van der Waals surface area contributed by atoms with Crippen molar-refractivity contribution in [2.75, 3.05) is 18.5 Å². The number of nitrogens with zero attached hydrogens (tertiary/aromatic N) is 2. The van der Waals surface area contributed by atoms with Crippen LogP contribution in [0.15, 0.2) is 52.4 Å². The lowest BCUT2D eigenvalue weighted by Gasteiger charge is -2.15. The summed E-state index contributed by atoms with van der Waals surface area (Å²) in [6.45, 7) is 4.74. The predicted molar refractivity (Wildman–Crippen MR) is 90.7 cm³/mol. The summed E-state index contributed by atoms with van der Waals surface area (Å²) in [7, 11) is 0. The molecule has 0 atom stereocenters. The number of ether oxygens (including phenoxy) is 2. The van der Waals surface area contributed by atoms with Crippen LogP contribution >= 0.6 is 11.8 Å². The van der Waals surface area contributed by atoms with Crippen LogP contribution in [0.3, 0.4) is 0 Å². The van der Waals surface area contributed by atoms with Crippen LogP contribution in [-0.2, 0) is 14.3 Å². The van der Waals surface area contributed by atoms with E-state index in [1.54, 1.807) is 0 Å². The molecule has 1 aromatic heterocycles. The van der Waals surface area contributed by atoms with Crippen LogP contribution in [0.25, 0.3) is 0 Å². The number of hydrogen-bond donors (Lipinski definition) is 1. The quantitative estimate of drug-likeness (QED) is 0.860. The van der Waals surface area contributed by atoms with E-state index in [1.807, 2.05) is 44.2 Å². The standard InChI is InChI=1S/C17H17N3O3S/c1-11-9-12(2)19-17(18-11)24-14-5-3-13(4-6-14)20-16(21)15-10-22-7-8-23-15/h3-6,9-10H,7-8H2,1-2H3,(H,20,21). The van der Waals surface area contributed by atoms with E-state index in [-0.39, 0.29) is 11.7 Å². The molecule has 7 heteroatoms. The number of amides is 1. The average Bonchev–Trinajstić information content (AvgIpc) is 2.56. The Balaban J connectivity index is 1.64. The van der Waals surface area contributed by atoms with Crippen LogP contribution in [0.1, 0.15) is 11.4 Å². The van der Waals surface area contributed by atoms with Gasteiger partial charge in [-0.3, -0.25) is 4.79 Å². The molecule has 0 unspecified atom stereocenters. The van der Waals surface area contributed by atoms with Gasteiger partial charge in [0.1, 0.15) is 19.5 Å². The molecule has 0 saturated heterocycles. The van der Waals surface area contributed by atoms with Crippen molar-refractivity contribution < 1.29 is 14.3 Å². The monoisotopic (exact) mass is 343 g/mol. The van der Waals surface area contributed by atoms with Crippen LogP contribution in [0.2, 0.25) is 0 Å². The van der Waals surface area contributed by atoms with Crippen LogP contribution < -0.4 is 5.32 Å². The first-order valence-corrected chi connectivity index (χ1v) is 8.28. The number of rotatable bonds is 4. The highest BCUT2D eigenvalue weighted by Gasteiger charge is 2.15. The van der Waals surface area contributed by atoms with Gasteiger partial charge in [-0.1, -0.05) is 0 Å². The first-order chi connectivity index (χ1) is 11.6. The van der Waals surface area contributed by atoms with Gasteiger partial charge in [-0.2, -0.15) is 0 Å². The highest BCUT2D eigenvalue weighted by molar-refractivity contribution is 7.99. The zero-order valence-corrected chi connectivity index (χ0v) is 14.2. The summed E-state index contributed by atoms with van der Waals surface area (Å²) < 4.78 is 10.3. The first-order valence-electron chi connectivity index (χ1n) is 7.46. The summed E-state index contributed by atoms with van der Waals surface area (Å²) in [5.74, 6) is -0.143. The molecule has 1 aromatic carbocycles. The van der Waals surface area contributed by atoms with E-state index in [0.29, 0.717) is 24.1 Å². The van der Waals surface area contributed by atoms with Gasteiger partial charge in [0.15, 0.2) is 5.16 Å². The normalized spacial score (nSPS) is 13.5. The third-order valence-electron chi connectivity index (χ3n) is 3.16. The average molecular weight is 343 g/mol. The van der Waals surface area contributed by atoms with E-state index in [0.717, 1.165) is 16.3 Å². The van der Waals surface area contributed by atoms with Gasteiger partial charge in [-0.15, -0.1) is 0 Å². The second-order valence-electron chi connectivity index (χ2n) is 5.22. The third-order valence-corrected chi connectivity index (χ3v) is 4.03. The first kappa shape index (κ1) is 16.3. The molecule has 3 rings (SSSR count). The van der Waals surface area contributed by atoms with Crippen molar-refractivity contribution in [1.29, 1.82) is 0 Å². The number of hydrogen-bond acceptors (Lipinski definition) is 6. The topological polar surface area (TPSA) is 73.3 Å². The van der Waals surface area contributed by atoms with E-state index in [9.17, 15) is 4.79 Å².